The number of ether oxygens (including phenoxy) is 2. The monoisotopic (exact) mass is 524 g/mol. The van der Waals surface area contributed by atoms with Crippen LogP contribution in [0.4, 0.5) is 26.0 Å². The van der Waals surface area contributed by atoms with Gasteiger partial charge in [0.2, 0.25) is 0 Å². The molecule has 0 radical (unpaired) electrons. The number of nitrogen functional groups attached to an aromatic ring is 1. The maximum atomic E-state index is 14.9. The molecular formula is C27H30F2N6O3. The summed E-state index contributed by atoms with van der Waals surface area (Å²) in [6.45, 7) is 6.89. The number of hydrogen-bond acceptors (Lipinski definition) is 8. The van der Waals surface area contributed by atoms with Crippen molar-refractivity contribution in [1.29, 1.82) is 5.41 Å². The number of anilines is 3. The minimum atomic E-state index is -0.980. The fourth-order valence-corrected chi connectivity index (χ4v) is 4.37. The van der Waals surface area contributed by atoms with Crippen LogP contribution in [0.3, 0.4) is 0 Å². The number of aromatic nitrogens is 1. The molecule has 9 nitrogen and oxygen atoms in total. The lowest BCUT2D eigenvalue weighted by Gasteiger charge is -2.40. The van der Waals surface area contributed by atoms with Gasteiger partial charge in [0.05, 0.1) is 25.5 Å². The summed E-state index contributed by atoms with van der Waals surface area (Å²) in [5.74, 6) is -3.37. The number of methoxy groups -OCH3 is 2. The first-order chi connectivity index (χ1) is 18.0. The second-order valence-electron chi connectivity index (χ2n) is 9.52. The maximum absolute atomic E-state index is 14.9. The molecule has 4 rings (SSSR count). The molecule has 1 aliphatic heterocycles. The highest BCUT2D eigenvalue weighted by molar-refractivity contribution is 6.48. The van der Waals surface area contributed by atoms with Crippen LogP contribution in [0.1, 0.15) is 19.4 Å². The summed E-state index contributed by atoms with van der Waals surface area (Å²) < 4.78 is 39.7. The smallest absolute Gasteiger partial charge is 0.274 e. The number of halogens is 2. The summed E-state index contributed by atoms with van der Waals surface area (Å²) in [5.41, 5.74) is 6.48. The summed E-state index contributed by atoms with van der Waals surface area (Å²) in [5, 5.41) is 14.5. The van der Waals surface area contributed by atoms with Crippen LogP contribution in [-0.4, -0.2) is 56.0 Å². The lowest BCUT2D eigenvalue weighted by Crippen LogP contribution is -2.57. The van der Waals surface area contributed by atoms with Crippen LogP contribution in [-0.2, 0) is 4.79 Å². The summed E-state index contributed by atoms with van der Waals surface area (Å²) >= 11 is 0. The molecule has 3 aromatic rings. The van der Waals surface area contributed by atoms with Crippen LogP contribution >= 0.6 is 0 Å². The molecule has 11 heteroatoms. The predicted molar refractivity (Wildman–Crippen MR) is 143 cm³/mol. The van der Waals surface area contributed by atoms with Gasteiger partial charge in [0.25, 0.3) is 5.91 Å². The summed E-state index contributed by atoms with van der Waals surface area (Å²) in [6, 6.07) is 11.0. The quantitative estimate of drug-likeness (QED) is 0.346. The zero-order valence-electron chi connectivity index (χ0n) is 21.6. The average Bonchev–Trinajstić information content (AvgIpc) is 2.88. The van der Waals surface area contributed by atoms with Crippen LogP contribution in [0.2, 0.25) is 0 Å². The molecule has 0 atom stereocenters. The molecule has 1 amide bonds. The lowest BCUT2D eigenvalue weighted by molar-refractivity contribution is -0.110. The fraction of sp³-hybridized carbons (Fsp3) is 0.296. The highest BCUT2D eigenvalue weighted by atomic mass is 19.1. The topological polar surface area (TPSA) is 126 Å². The van der Waals surface area contributed by atoms with Crippen molar-refractivity contribution in [1.82, 2.24) is 10.3 Å². The Morgan fingerprint density at radius 3 is 2.29 bits per heavy atom. The number of amides is 1. The van der Waals surface area contributed by atoms with E-state index in [4.69, 9.17) is 20.6 Å². The number of hydrogen-bond donors (Lipinski definition) is 4. The zero-order valence-corrected chi connectivity index (χ0v) is 21.6. The largest absolute Gasteiger partial charge is 0.494 e. The van der Waals surface area contributed by atoms with E-state index in [0.29, 0.717) is 5.69 Å². The zero-order chi connectivity index (χ0) is 27.6. The van der Waals surface area contributed by atoms with Crippen molar-refractivity contribution < 1.29 is 23.0 Å². The Balaban J connectivity index is 1.51. The van der Waals surface area contributed by atoms with Gasteiger partial charge in [-0.15, -0.1) is 0 Å². The number of carbonyl (C=O) groups is 1. The van der Waals surface area contributed by atoms with E-state index in [1.807, 2.05) is 12.1 Å². The Bertz CT molecular complexity index is 1350. The van der Waals surface area contributed by atoms with Crippen molar-refractivity contribution in [3.63, 3.8) is 0 Å². The highest BCUT2D eigenvalue weighted by Crippen LogP contribution is 2.37. The molecule has 1 aliphatic rings. The summed E-state index contributed by atoms with van der Waals surface area (Å²) in [4.78, 5) is 19.1. The standard InChI is InChI=1S/C27H30F2N6O3/c1-27(2)14-35(12-11-32-27)16-7-5-15(6-8-16)33-26(36)24(30)17-9-10-18(34-25(17)31)21-22(28)19(37-3)13-20(38-4)23(21)29/h5-10,13,30,32H,11-12,14H2,1-4H3,(H2,31,34)(H,33,36). The predicted octanol–water partition coefficient (Wildman–Crippen LogP) is 3.82. The SMILES string of the molecule is COc1cc(OC)c(F)c(-c2ccc(C(=N)C(=O)Nc3ccc(N4CCNC(C)(C)C4)cc3)c(N)n2)c1F. The van der Waals surface area contributed by atoms with E-state index in [1.165, 1.54) is 26.4 Å². The normalized spacial score (nSPS) is 14.6. The Morgan fingerprint density at radius 2 is 1.74 bits per heavy atom. The van der Waals surface area contributed by atoms with Gasteiger partial charge < -0.3 is 30.7 Å². The molecule has 5 N–H and O–H groups in total. The van der Waals surface area contributed by atoms with Gasteiger partial charge in [0.15, 0.2) is 23.1 Å². The number of nitrogens with zero attached hydrogens (tertiary/aromatic N) is 2. The number of nitrogens with two attached hydrogens (primary N) is 1. The van der Waals surface area contributed by atoms with Gasteiger partial charge in [-0.1, -0.05) is 0 Å². The Morgan fingerprint density at radius 1 is 1.11 bits per heavy atom. The third-order valence-corrected chi connectivity index (χ3v) is 6.31. The van der Waals surface area contributed by atoms with Gasteiger partial charge >= 0.3 is 0 Å². The first-order valence-electron chi connectivity index (χ1n) is 11.9. The van der Waals surface area contributed by atoms with E-state index in [-0.39, 0.29) is 34.1 Å². The molecule has 1 aromatic heterocycles. The number of rotatable bonds is 7. The van der Waals surface area contributed by atoms with Crippen LogP contribution in [0.5, 0.6) is 11.5 Å². The third kappa shape index (κ3) is 5.37. The Labute approximate surface area is 219 Å². The number of benzene rings is 2. The van der Waals surface area contributed by atoms with Crippen molar-refractivity contribution in [3.05, 3.63) is 59.7 Å². The molecule has 200 valence electrons. The number of pyridine rings is 1. The van der Waals surface area contributed by atoms with Crippen LogP contribution in [0, 0.1) is 17.0 Å². The fourth-order valence-electron chi connectivity index (χ4n) is 4.37. The molecule has 38 heavy (non-hydrogen) atoms. The molecule has 0 unspecified atom stereocenters. The summed E-state index contributed by atoms with van der Waals surface area (Å²) in [7, 11) is 2.48. The molecule has 1 fully saturated rings. The van der Waals surface area contributed by atoms with E-state index in [0.717, 1.165) is 31.4 Å². The maximum Gasteiger partial charge on any atom is 0.274 e. The molecule has 0 bridgehead atoms. The molecule has 0 spiro atoms. The molecule has 0 aliphatic carbocycles. The van der Waals surface area contributed by atoms with E-state index >= 15 is 0 Å². The first-order valence-corrected chi connectivity index (χ1v) is 11.9. The average molecular weight is 525 g/mol. The number of piperazine rings is 1. The van der Waals surface area contributed by atoms with Gasteiger partial charge in [0.1, 0.15) is 11.5 Å². The second kappa shape index (κ2) is 10.6. The number of carbonyl (C=O) groups excluding carboxylic acids is 1. The molecule has 2 aromatic carbocycles. The van der Waals surface area contributed by atoms with E-state index in [9.17, 15) is 13.6 Å². The van der Waals surface area contributed by atoms with Gasteiger partial charge in [-0.3, -0.25) is 10.2 Å². The Kier molecular flexibility index (Phi) is 7.49. The van der Waals surface area contributed by atoms with Crippen LogP contribution < -0.4 is 30.7 Å². The van der Waals surface area contributed by atoms with Crippen molar-refractivity contribution >= 4 is 28.8 Å². The lowest BCUT2D eigenvalue weighted by atomic mass is 10.0. The van der Waals surface area contributed by atoms with Gasteiger partial charge in [-0.05, 0) is 50.2 Å². The number of nitrogens with one attached hydrogen (secondary N) is 3. The van der Waals surface area contributed by atoms with Crippen molar-refractivity contribution in [2.45, 2.75) is 19.4 Å². The van der Waals surface area contributed by atoms with Crippen molar-refractivity contribution in [3.8, 4) is 22.8 Å². The third-order valence-electron chi connectivity index (χ3n) is 6.31. The molecular weight excluding hydrogens is 494 g/mol. The van der Waals surface area contributed by atoms with Gasteiger partial charge in [0, 0.05) is 48.2 Å². The van der Waals surface area contributed by atoms with Gasteiger partial charge in [-0.2, -0.15) is 0 Å². The molecule has 2 heterocycles. The van der Waals surface area contributed by atoms with Crippen molar-refractivity contribution in [2.75, 3.05) is 49.8 Å². The van der Waals surface area contributed by atoms with E-state index in [2.05, 4.69) is 34.4 Å². The van der Waals surface area contributed by atoms with Gasteiger partial charge in [-0.25, -0.2) is 13.8 Å². The summed E-state index contributed by atoms with van der Waals surface area (Å²) in [6.07, 6.45) is 0. The van der Waals surface area contributed by atoms with Crippen LogP contribution in [0.25, 0.3) is 11.3 Å². The van der Waals surface area contributed by atoms with E-state index in [1.54, 1.807) is 12.1 Å². The van der Waals surface area contributed by atoms with Crippen molar-refractivity contribution in [2.24, 2.45) is 0 Å². The molecule has 1 saturated heterocycles. The molecule has 0 saturated carbocycles. The highest BCUT2D eigenvalue weighted by Gasteiger charge is 2.26. The van der Waals surface area contributed by atoms with E-state index < -0.39 is 28.8 Å². The Hall–Kier alpha value is -4.25. The minimum Gasteiger partial charge on any atom is -0.494 e. The first kappa shape index (κ1) is 26.8. The second-order valence-corrected chi connectivity index (χ2v) is 9.52. The van der Waals surface area contributed by atoms with Crippen LogP contribution in [0.15, 0.2) is 42.5 Å². The minimum absolute atomic E-state index is 0.0000800.